The van der Waals surface area contributed by atoms with E-state index in [1.807, 2.05) is 31.2 Å². The highest BCUT2D eigenvalue weighted by molar-refractivity contribution is 9.11. The minimum atomic E-state index is -0.179. The number of benzene rings is 2. The van der Waals surface area contributed by atoms with E-state index in [0.29, 0.717) is 18.1 Å². The van der Waals surface area contributed by atoms with Crippen LogP contribution in [0.25, 0.3) is 0 Å². The van der Waals surface area contributed by atoms with Crippen molar-refractivity contribution in [1.29, 1.82) is 0 Å². The van der Waals surface area contributed by atoms with Gasteiger partial charge in [0.15, 0.2) is 0 Å². The number of hydrazone groups is 1. The van der Waals surface area contributed by atoms with Gasteiger partial charge in [-0.05, 0) is 99.4 Å². The normalized spacial score (nSPS) is 18.1. The molecule has 1 aliphatic rings. The van der Waals surface area contributed by atoms with Crippen LogP contribution >= 0.6 is 31.9 Å². The first kappa shape index (κ1) is 21.1. The minimum absolute atomic E-state index is 0.179. The molecule has 3 rings (SSSR count). The quantitative estimate of drug-likeness (QED) is 0.476. The number of hydrogen-bond donors (Lipinski definition) is 1. The highest BCUT2D eigenvalue weighted by Gasteiger charge is 2.16. The van der Waals surface area contributed by atoms with Gasteiger partial charge in [0.1, 0.15) is 12.4 Å². The van der Waals surface area contributed by atoms with Crippen LogP contribution in [0.3, 0.4) is 0 Å². The molecule has 0 saturated heterocycles. The maximum absolute atomic E-state index is 12.3. The summed E-state index contributed by atoms with van der Waals surface area (Å²) in [6.07, 6.45) is 4.52. The van der Waals surface area contributed by atoms with Crippen molar-refractivity contribution < 1.29 is 9.53 Å². The number of ether oxygens (including phenoxy) is 1. The van der Waals surface area contributed by atoms with Crippen LogP contribution in [0.4, 0.5) is 0 Å². The van der Waals surface area contributed by atoms with E-state index >= 15 is 0 Å². The van der Waals surface area contributed by atoms with Crippen LogP contribution in [0, 0.1) is 12.8 Å². The Morgan fingerprint density at radius 2 is 1.86 bits per heavy atom. The van der Waals surface area contributed by atoms with Gasteiger partial charge in [0.05, 0.1) is 8.95 Å². The molecule has 1 saturated carbocycles. The number of nitrogens with zero attached hydrogens (tertiary/aromatic N) is 1. The average Bonchev–Trinajstić information content (AvgIpc) is 2.67. The molecule has 0 aliphatic heterocycles. The zero-order valence-corrected chi connectivity index (χ0v) is 19.3. The number of hydrogen-bond acceptors (Lipinski definition) is 3. The van der Waals surface area contributed by atoms with E-state index in [4.69, 9.17) is 4.74 Å². The van der Waals surface area contributed by atoms with Crippen molar-refractivity contribution in [3.05, 3.63) is 62.0 Å². The number of nitrogens with one attached hydrogen (secondary N) is 1. The number of carbonyl (C=O) groups is 1. The predicted molar refractivity (Wildman–Crippen MR) is 120 cm³/mol. The lowest BCUT2D eigenvalue weighted by Gasteiger charge is -2.19. The van der Waals surface area contributed by atoms with Crippen LogP contribution in [0.5, 0.6) is 5.75 Å². The Hall–Kier alpha value is -1.66. The second-order valence-electron chi connectivity index (χ2n) is 7.23. The fourth-order valence-corrected chi connectivity index (χ4v) is 4.90. The molecular weight excluding hydrogens is 484 g/mol. The Balaban J connectivity index is 1.59. The zero-order chi connectivity index (χ0) is 20.1. The molecule has 0 heterocycles. The molecular formula is C22H24Br2N2O2. The molecule has 0 radical (unpaired) electrons. The van der Waals surface area contributed by atoms with Gasteiger partial charge in [-0.2, -0.15) is 5.10 Å². The molecule has 1 fully saturated rings. The minimum Gasteiger partial charge on any atom is -0.487 e. The highest BCUT2D eigenvalue weighted by atomic mass is 79.9. The fraction of sp³-hybridized carbons (Fsp3) is 0.364. The number of carbonyl (C=O) groups excluding carboxylic acids is 1. The summed E-state index contributed by atoms with van der Waals surface area (Å²) in [5, 5.41) is 4.35. The number of amides is 1. The maximum Gasteiger partial charge on any atom is 0.271 e. The summed E-state index contributed by atoms with van der Waals surface area (Å²) in [4.78, 5) is 12.3. The summed E-state index contributed by atoms with van der Waals surface area (Å²) in [5.41, 5.74) is 6.53. The fourth-order valence-electron chi connectivity index (χ4n) is 3.26. The van der Waals surface area contributed by atoms with Gasteiger partial charge in [-0.15, -0.1) is 0 Å². The van der Waals surface area contributed by atoms with Crippen molar-refractivity contribution in [1.82, 2.24) is 5.43 Å². The Morgan fingerprint density at radius 3 is 2.50 bits per heavy atom. The van der Waals surface area contributed by atoms with Gasteiger partial charge in [0.2, 0.25) is 0 Å². The van der Waals surface area contributed by atoms with E-state index in [1.165, 1.54) is 6.42 Å². The van der Waals surface area contributed by atoms with Gasteiger partial charge in [-0.1, -0.05) is 25.5 Å². The summed E-state index contributed by atoms with van der Waals surface area (Å²) < 4.78 is 7.75. The first-order chi connectivity index (χ1) is 13.4. The van der Waals surface area contributed by atoms with Crippen molar-refractivity contribution in [3.8, 4) is 5.75 Å². The highest BCUT2D eigenvalue weighted by Crippen LogP contribution is 2.35. The second kappa shape index (κ2) is 9.70. The molecule has 1 aliphatic carbocycles. The molecule has 28 heavy (non-hydrogen) atoms. The van der Waals surface area contributed by atoms with Crippen LogP contribution in [-0.2, 0) is 6.61 Å². The van der Waals surface area contributed by atoms with Crippen molar-refractivity contribution >= 4 is 43.5 Å². The molecule has 148 valence electrons. The van der Waals surface area contributed by atoms with E-state index < -0.39 is 0 Å². The molecule has 0 aromatic heterocycles. The Morgan fingerprint density at radius 1 is 1.18 bits per heavy atom. The van der Waals surface area contributed by atoms with Crippen molar-refractivity contribution in [2.24, 2.45) is 11.0 Å². The number of rotatable bonds is 5. The molecule has 1 atom stereocenters. The average molecular weight is 508 g/mol. The molecule has 2 aromatic carbocycles. The van der Waals surface area contributed by atoms with Crippen LogP contribution in [-0.4, -0.2) is 11.6 Å². The van der Waals surface area contributed by atoms with E-state index in [2.05, 4.69) is 49.3 Å². The topological polar surface area (TPSA) is 50.7 Å². The first-order valence-corrected chi connectivity index (χ1v) is 11.1. The molecule has 2 aromatic rings. The molecule has 0 unspecified atom stereocenters. The van der Waals surface area contributed by atoms with E-state index in [9.17, 15) is 4.79 Å². The van der Waals surface area contributed by atoms with Gasteiger partial charge < -0.3 is 4.74 Å². The standard InChI is InChI=1S/C22H24Br2N2O2/c1-14-11-18(23)21(19(24)12-14)28-13-16-7-9-17(10-8-16)22(27)26-25-20-6-4-3-5-15(20)2/h7-12,15H,3-6,13H2,1-2H3,(H,26,27)/b25-20-/t15-/m0/s1. The summed E-state index contributed by atoms with van der Waals surface area (Å²) in [6, 6.07) is 11.4. The van der Waals surface area contributed by atoms with Crippen LogP contribution < -0.4 is 10.2 Å². The zero-order valence-electron chi connectivity index (χ0n) is 16.1. The third-order valence-electron chi connectivity index (χ3n) is 4.93. The Labute approximate surface area is 183 Å². The first-order valence-electron chi connectivity index (χ1n) is 9.48. The van der Waals surface area contributed by atoms with E-state index in [0.717, 1.165) is 50.8 Å². The van der Waals surface area contributed by atoms with Crippen molar-refractivity contribution in [2.75, 3.05) is 0 Å². The number of aryl methyl sites for hydroxylation is 1. The monoisotopic (exact) mass is 506 g/mol. The van der Waals surface area contributed by atoms with Gasteiger partial charge in [-0.25, -0.2) is 5.43 Å². The smallest absolute Gasteiger partial charge is 0.271 e. The van der Waals surface area contributed by atoms with E-state index in [1.54, 1.807) is 12.1 Å². The van der Waals surface area contributed by atoms with Gasteiger partial charge in [-0.3, -0.25) is 4.79 Å². The lowest BCUT2D eigenvalue weighted by Crippen LogP contribution is -2.24. The Kier molecular flexibility index (Phi) is 7.30. The van der Waals surface area contributed by atoms with Gasteiger partial charge in [0, 0.05) is 11.3 Å². The summed E-state index contributed by atoms with van der Waals surface area (Å²) in [7, 11) is 0. The molecule has 1 amide bonds. The third-order valence-corrected chi connectivity index (χ3v) is 6.11. The van der Waals surface area contributed by atoms with Gasteiger partial charge >= 0.3 is 0 Å². The molecule has 0 bridgehead atoms. The molecule has 4 nitrogen and oxygen atoms in total. The van der Waals surface area contributed by atoms with Crippen LogP contribution in [0.2, 0.25) is 0 Å². The molecule has 6 heteroatoms. The van der Waals surface area contributed by atoms with Gasteiger partial charge in [0.25, 0.3) is 5.91 Å². The second-order valence-corrected chi connectivity index (χ2v) is 8.94. The van der Waals surface area contributed by atoms with Crippen molar-refractivity contribution in [3.63, 3.8) is 0 Å². The largest absolute Gasteiger partial charge is 0.487 e. The maximum atomic E-state index is 12.3. The molecule has 1 N–H and O–H groups in total. The lowest BCUT2D eigenvalue weighted by atomic mass is 9.89. The summed E-state index contributed by atoms with van der Waals surface area (Å²) in [5.74, 6) is 1.04. The predicted octanol–water partition coefficient (Wildman–Crippen LogP) is 6.39. The number of halogens is 2. The van der Waals surface area contributed by atoms with Crippen LogP contribution in [0.15, 0.2) is 50.4 Å². The lowest BCUT2D eigenvalue weighted by molar-refractivity contribution is 0.0954. The van der Waals surface area contributed by atoms with E-state index in [-0.39, 0.29) is 5.91 Å². The third kappa shape index (κ3) is 5.45. The van der Waals surface area contributed by atoms with Crippen molar-refractivity contribution in [2.45, 2.75) is 46.1 Å². The molecule has 0 spiro atoms. The SMILES string of the molecule is Cc1cc(Br)c(OCc2ccc(C(=O)N/N=C3/CCCC[C@@H]3C)cc2)c(Br)c1. The summed E-state index contributed by atoms with van der Waals surface area (Å²) in [6.45, 7) is 4.62. The van der Waals surface area contributed by atoms with Crippen LogP contribution in [0.1, 0.15) is 54.1 Å². The Bertz CT molecular complexity index is 856. The summed E-state index contributed by atoms with van der Waals surface area (Å²) >= 11 is 7.07.